The van der Waals surface area contributed by atoms with Crippen molar-refractivity contribution in [1.29, 1.82) is 0 Å². The van der Waals surface area contributed by atoms with E-state index in [9.17, 15) is 9.18 Å². The molecule has 0 unspecified atom stereocenters. The Balaban J connectivity index is 1.50. The Bertz CT molecular complexity index is 1030. The van der Waals surface area contributed by atoms with E-state index in [-0.39, 0.29) is 23.8 Å². The van der Waals surface area contributed by atoms with Gasteiger partial charge >= 0.3 is 0 Å². The highest BCUT2D eigenvalue weighted by Gasteiger charge is 2.44. The SMILES string of the molecule is Cc1ccsc1C(=O)N1[C@H]2CC[C@@H]1c1cnc(-c3ccc(F)cc3)nc1C2. The molecule has 1 aromatic carbocycles. The van der Waals surface area contributed by atoms with Gasteiger partial charge in [-0.3, -0.25) is 4.79 Å². The summed E-state index contributed by atoms with van der Waals surface area (Å²) in [5.41, 5.74) is 3.92. The van der Waals surface area contributed by atoms with E-state index in [1.165, 1.54) is 23.5 Å². The van der Waals surface area contributed by atoms with Gasteiger partial charge in [0.2, 0.25) is 0 Å². The zero-order valence-electron chi connectivity index (χ0n) is 14.9. The van der Waals surface area contributed by atoms with Crippen LogP contribution in [0.1, 0.15) is 45.4 Å². The molecular formula is C21H18FN3OS. The normalized spacial score (nSPS) is 20.6. The van der Waals surface area contributed by atoms with Crippen molar-refractivity contribution in [2.75, 3.05) is 0 Å². The predicted octanol–water partition coefficient (Wildman–Crippen LogP) is 4.55. The first-order valence-electron chi connectivity index (χ1n) is 9.10. The fourth-order valence-electron chi connectivity index (χ4n) is 4.23. The summed E-state index contributed by atoms with van der Waals surface area (Å²) in [5.74, 6) is 0.470. The van der Waals surface area contributed by atoms with Crippen LogP contribution in [-0.4, -0.2) is 26.8 Å². The third kappa shape index (κ3) is 2.67. The molecular weight excluding hydrogens is 361 g/mol. The highest BCUT2D eigenvalue weighted by atomic mass is 32.1. The Morgan fingerprint density at radius 3 is 2.78 bits per heavy atom. The molecule has 2 bridgehead atoms. The zero-order valence-corrected chi connectivity index (χ0v) is 15.7. The zero-order chi connectivity index (χ0) is 18.5. The van der Waals surface area contributed by atoms with Gasteiger partial charge in [0.05, 0.1) is 16.6 Å². The van der Waals surface area contributed by atoms with Crippen LogP contribution in [0, 0.1) is 12.7 Å². The lowest BCUT2D eigenvalue weighted by Gasteiger charge is -2.35. The highest BCUT2D eigenvalue weighted by Crippen LogP contribution is 2.44. The van der Waals surface area contributed by atoms with E-state index < -0.39 is 0 Å². The molecule has 1 fully saturated rings. The van der Waals surface area contributed by atoms with Crippen LogP contribution < -0.4 is 0 Å². The summed E-state index contributed by atoms with van der Waals surface area (Å²) in [4.78, 5) is 25.3. The molecule has 1 saturated heterocycles. The molecule has 2 aromatic heterocycles. The number of benzene rings is 1. The first-order valence-corrected chi connectivity index (χ1v) is 9.98. The van der Waals surface area contributed by atoms with Crippen LogP contribution in [-0.2, 0) is 6.42 Å². The number of aromatic nitrogens is 2. The quantitative estimate of drug-likeness (QED) is 0.656. The van der Waals surface area contributed by atoms with E-state index in [4.69, 9.17) is 4.98 Å². The maximum atomic E-state index is 13.2. The average Bonchev–Trinajstić information content (AvgIpc) is 3.24. The van der Waals surface area contributed by atoms with Gasteiger partial charge in [-0.1, -0.05) is 0 Å². The molecule has 27 heavy (non-hydrogen) atoms. The van der Waals surface area contributed by atoms with Crippen LogP contribution in [0.2, 0.25) is 0 Å². The van der Waals surface area contributed by atoms with Gasteiger partial charge < -0.3 is 4.90 Å². The Morgan fingerprint density at radius 1 is 1.22 bits per heavy atom. The molecule has 136 valence electrons. The molecule has 0 N–H and O–H groups in total. The second kappa shape index (κ2) is 6.23. The van der Waals surface area contributed by atoms with Gasteiger partial charge in [-0.25, -0.2) is 14.4 Å². The molecule has 2 aliphatic rings. The molecule has 2 atom stereocenters. The number of hydrogen-bond acceptors (Lipinski definition) is 4. The number of thiophene rings is 1. The lowest BCUT2D eigenvalue weighted by molar-refractivity contribution is 0.0648. The van der Waals surface area contributed by atoms with Crippen molar-refractivity contribution in [1.82, 2.24) is 14.9 Å². The summed E-state index contributed by atoms with van der Waals surface area (Å²) >= 11 is 1.51. The first-order chi connectivity index (χ1) is 13.1. The molecule has 3 aromatic rings. The summed E-state index contributed by atoms with van der Waals surface area (Å²) in [6.45, 7) is 1.99. The molecule has 6 heteroatoms. The number of aryl methyl sites for hydroxylation is 1. The van der Waals surface area contributed by atoms with Crippen LogP contribution in [0.15, 0.2) is 41.9 Å². The van der Waals surface area contributed by atoms with Crippen molar-refractivity contribution < 1.29 is 9.18 Å². The minimum absolute atomic E-state index is 0.0509. The van der Waals surface area contributed by atoms with Crippen molar-refractivity contribution in [3.05, 3.63) is 69.4 Å². The first kappa shape index (κ1) is 16.6. The van der Waals surface area contributed by atoms with Gasteiger partial charge in [0.15, 0.2) is 5.82 Å². The van der Waals surface area contributed by atoms with Crippen molar-refractivity contribution in [2.45, 2.75) is 38.3 Å². The number of fused-ring (bicyclic) bond motifs is 4. The second-order valence-corrected chi connectivity index (χ2v) is 8.11. The summed E-state index contributed by atoms with van der Waals surface area (Å²) < 4.78 is 13.2. The summed E-state index contributed by atoms with van der Waals surface area (Å²) in [6.07, 6.45) is 4.55. The van der Waals surface area contributed by atoms with Crippen molar-refractivity contribution >= 4 is 17.2 Å². The minimum Gasteiger partial charge on any atom is -0.327 e. The third-order valence-corrected chi connectivity index (χ3v) is 6.59. The topological polar surface area (TPSA) is 46.1 Å². The number of carbonyl (C=O) groups excluding carboxylic acids is 1. The third-order valence-electron chi connectivity index (χ3n) is 5.58. The number of amides is 1. The van der Waals surface area contributed by atoms with Crippen LogP contribution in [0.3, 0.4) is 0 Å². The lowest BCUT2D eigenvalue weighted by Crippen LogP contribution is -2.42. The smallest absolute Gasteiger partial charge is 0.264 e. The van der Waals surface area contributed by atoms with Crippen molar-refractivity contribution in [3.63, 3.8) is 0 Å². The molecule has 4 nitrogen and oxygen atoms in total. The largest absolute Gasteiger partial charge is 0.327 e. The fourth-order valence-corrected chi connectivity index (χ4v) is 5.10. The van der Waals surface area contributed by atoms with Gasteiger partial charge in [0.25, 0.3) is 5.91 Å². The Kier molecular flexibility index (Phi) is 3.82. The summed E-state index contributed by atoms with van der Waals surface area (Å²) in [7, 11) is 0. The molecule has 0 saturated carbocycles. The molecule has 4 heterocycles. The van der Waals surface area contributed by atoms with Crippen molar-refractivity contribution in [3.8, 4) is 11.4 Å². The second-order valence-electron chi connectivity index (χ2n) is 7.20. The lowest BCUT2D eigenvalue weighted by atomic mass is 9.98. The number of hydrogen-bond donors (Lipinski definition) is 0. The molecule has 1 amide bonds. The number of carbonyl (C=O) groups is 1. The van der Waals surface area contributed by atoms with E-state index in [0.29, 0.717) is 5.82 Å². The predicted molar refractivity (Wildman–Crippen MR) is 102 cm³/mol. The molecule has 5 rings (SSSR count). The molecule has 0 radical (unpaired) electrons. The molecule has 0 spiro atoms. The number of nitrogens with zero attached hydrogens (tertiary/aromatic N) is 3. The monoisotopic (exact) mass is 379 g/mol. The molecule has 2 aliphatic heterocycles. The maximum Gasteiger partial charge on any atom is 0.264 e. The maximum absolute atomic E-state index is 13.2. The standard InChI is InChI=1S/C21H18FN3OS/c1-12-8-9-27-19(12)21(26)25-15-6-7-18(25)16-11-23-20(24-17(16)10-15)13-2-4-14(22)5-3-13/h2-5,8-9,11,15,18H,6-7,10H2,1H3/t15-,18+/m0/s1. The van der Waals surface area contributed by atoms with Gasteiger partial charge in [0.1, 0.15) is 5.82 Å². The van der Waals surface area contributed by atoms with Crippen LogP contribution in [0.4, 0.5) is 4.39 Å². The minimum atomic E-state index is -0.271. The summed E-state index contributed by atoms with van der Waals surface area (Å²) in [5, 5.41) is 1.97. The van der Waals surface area contributed by atoms with E-state index in [1.54, 1.807) is 12.1 Å². The van der Waals surface area contributed by atoms with Crippen LogP contribution >= 0.6 is 11.3 Å². The van der Waals surface area contributed by atoms with E-state index >= 15 is 0 Å². The average molecular weight is 379 g/mol. The molecule has 0 aliphatic carbocycles. The van der Waals surface area contributed by atoms with Crippen LogP contribution in [0.5, 0.6) is 0 Å². The van der Waals surface area contributed by atoms with Crippen LogP contribution in [0.25, 0.3) is 11.4 Å². The van der Waals surface area contributed by atoms with Gasteiger partial charge in [-0.2, -0.15) is 0 Å². The number of halogens is 1. The summed E-state index contributed by atoms with van der Waals surface area (Å²) in [6, 6.07) is 8.48. The van der Waals surface area contributed by atoms with E-state index in [1.807, 2.05) is 29.5 Å². The van der Waals surface area contributed by atoms with E-state index in [2.05, 4.69) is 4.98 Å². The van der Waals surface area contributed by atoms with Gasteiger partial charge in [-0.15, -0.1) is 11.3 Å². The van der Waals surface area contributed by atoms with Gasteiger partial charge in [0, 0.05) is 29.8 Å². The number of rotatable bonds is 2. The van der Waals surface area contributed by atoms with Gasteiger partial charge in [-0.05, 0) is 61.0 Å². The van der Waals surface area contributed by atoms with Crippen molar-refractivity contribution in [2.24, 2.45) is 0 Å². The van der Waals surface area contributed by atoms with E-state index in [0.717, 1.165) is 46.5 Å². The Labute approximate surface area is 160 Å². The highest BCUT2D eigenvalue weighted by molar-refractivity contribution is 7.12. The Hall–Kier alpha value is -2.60. The fraction of sp³-hybridized carbons (Fsp3) is 0.286. The Morgan fingerprint density at radius 2 is 2.04 bits per heavy atom.